The van der Waals surface area contributed by atoms with Gasteiger partial charge in [0.05, 0.1) is 20.8 Å². The van der Waals surface area contributed by atoms with Crippen molar-refractivity contribution in [3.05, 3.63) is 58.6 Å². The summed E-state index contributed by atoms with van der Waals surface area (Å²) >= 11 is 7.43. The Morgan fingerprint density at radius 2 is 2.00 bits per heavy atom. The van der Waals surface area contributed by atoms with Gasteiger partial charge in [0.15, 0.2) is 5.13 Å². The third kappa shape index (κ3) is 4.03. The lowest BCUT2D eigenvalue weighted by molar-refractivity contribution is -0.117. The number of hydrogen-bond acceptors (Lipinski definition) is 4. The number of hydrogen-bond donors (Lipinski definition) is 2. The molecule has 2 aromatic carbocycles. The Morgan fingerprint density at radius 1 is 1.23 bits per heavy atom. The van der Waals surface area contributed by atoms with Crippen LogP contribution in [0, 0.1) is 0 Å². The van der Waals surface area contributed by atoms with Crippen molar-refractivity contribution in [3.63, 3.8) is 0 Å². The number of anilines is 1. The van der Waals surface area contributed by atoms with Crippen LogP contribution in [0.1, 0.15) is 29.8 Å². The van der Waals surface area contributed by atoms with E-state index in [1.54, 1.807) is 31.2 Å². The van der Waals surface area contributed by atoms with Gasteiger partial charge in [-0.25, -0.2) is 4.98 Å². The first-order valence-corrected chi connectivity index (χ1v) is 9.43. The van der Waals surface area contributed by atoms with E-state index < -0.39 is 11.9 Å². The quantitative estimate of drug-likeness (QED) is 0.686. The van der Waals surface area contributed by atoms with Crippen molar-refractivity contribution in [3.8, 4) is 0 Å². The molecule has 0 saturated heterocycles. The highest BCUT2D eigenvalue weighted by atomic mass is 35.5. The van der Waals surface area contributed by atoms with Crippen LogP contribution in [0.4, 0.5) is 5.13 Å². The topological polar surface area (TPSA) is 71.1 Å². The number of rotatable bonds is 5. The number of aryl methyl sites for hydroxylation is 1. The molecular formula is C19H18ClN3O2S. The molecule has 2 N–H and O–H groups in total. The van der Waals surface area contributed by atoms with Gasteiger partial charge in [-0.15, -0.1) is 0 Å². The van der Waals surface area contributed by atoms with Gasteiger partial charge >= 0.3 is 0 Å². The normalized spacial score (nSPS) is 12.0. The van der Waals surface area contributed by atoms with Gasteiger partial charge in [0.2, 0.25) is 5.91 Å². The lowest BCUT2D eigenvalue weighted by Crippen LogP contribution is -2.41. The summed E-state index contributed by atoms with van der Waals surface area (Å²) in [4.78, 5) is 29.0. The maximum Gasteiger partial charge on any atom is 0.253 e. The van der Waals surface area contributed by atoms with Gasteiger partial charge in [0, 0.05) is 0 Å². The lowest BCUT2D eigenvalue weighted by atomic mass is 10.2. The number of carbonyl (C=O) groups excluding carboxylic acids is 2. The summed E-state index contributed by atoms with van der Waals surface area (Å²) in [6, 6.07) is 12.0. The van der Waals surface area contributed by atoms with Crippen molar-refractivity contribution in [2.24, 2.45) is 0 Å². The summed E-state index contributed by atoms with van der Waals surface area (Å²) < 4.78 is 1.02. The van der Waals surface area contributed by atoms with E-state index in [1.165, 1.54) is 16.9 Å². The van der Waals surface area contributed by atoms with Gasteiger partial charge in [-0.05, 0) is 43.2 Å². The first-order valence-electron chi connectivity index (χ1n) is 8.23. The third-order valence-electron chi connectivity index (χ3n) is 3.95. The van der Waals surface area contributed by atoms with E-state index in [0.717, 1.165) is 16.6 Å². The first-order chi connectivity index (χ1) is 12.5. The molecule has 1 aromatic heterocycles. The molecule has 0 radical (unpaired) electrons. The second-order valence-electron chi connectivity index (χ2n) is 5.84. The number of nitrogens with zero attached hydrogens (tertiary/aromatic N) is 1. The maximum absolute atomic E-state index is 12.4. The fourth-order valence-corrected chi connectivity index (χ4v) is 3.60. The summed E-state index contributed by atoms with van der Waals surface area (Å²) in [6.45, 7) is 3.71. The number of amides is 2. The number of thiazole rings is 1. The SMILES string of the molecule is CCc1ccc2nc(NC(=O)[C@H](C)NC(=O)c3ccccc3Cl)sc2c1. The van der Waals surface area contributed by atoms with Gasteiger partial charge in [-0.3, -0.25) is 9.59 Å². The number of benzene rings is 2. The minimum Gasteiger partial charge on any atom is -0.340 e. The van der Waals surface area contributed by atoms with Gasteiger partial charge in [0.1, 0.15) is 6.04 Å². The Morgan fingerprint density at radius 3 is 2.73 bits per heavy atom. The van der Waals surface area contributed by atoms with Crippen molar-refractivity contribution >= 4 is 50.1 Å². The first kappa shape index (κ1) is 18.4. The van der Waals surface area contributed by atoms with Crippen LogP contribution >= 0.6 is 22.9 Å². The number of nitrogens with one attached hydrogen (secondary N) is 2. The van der Waals surface area contributed by atoms with Crippen LogP contribution < -0.4 is 10.6 Å². The molecule has 1 atom stereocenters. The van der Waals surface area contributed by atoms with Gasteiger partial charge < -0.3 is 10.6 Å². The largest absolute Gasteiger partial charge is 0.340 e. The summed E-state index contributed by atoms with van der Waals surface area (Å²) in [5.74, 6) is -0.727. The second-order valence-corrected chi connectivity index (χ2v) is 7.28. The minimum atomic E-state index is -0.725. The fourth-order valence-electron chi connectivity index (χ4n) is 2.44. The van der Waals surface area contributed by atoms with Crippen LogP contribution in [-0.4, -0.2) is 22.8 Å². The van der Waals surface area contributed by atoms with Crippen molar-refractivity contribution in [2.45, 2.75) is 26.3 Å². The zero-order valence-corrected chi connectivity index (χ0v) is 15.9. The van der Waals surface area contributed by atoms with E-state index in [-0.39, 0.29) is 5.91 Å². The molecule has 0 unspecified atom stereocenters. The Labute approximate surface area is 160 Å². The van der Waals surface area contributed by atoms with E-state index in [9.17, 15) is 9.59 Å². The Hall–Kier alpha value is -2.44. The molecule has 5 nitrogen and oxygen atoms in total. The van der Waals surface area contributed by atoms with E-state index in [2.05, 4.69) is 28.6 Å². The van der Waals surface area contributed by atoms with E-state index >= 15 is 0 Å². The van der Waals surface area contributed by atoms with Gasteiger partial charge in [0.25, 0.3) is 5.91 Å². The molecule has 0 fully saturated rings. The molecule has 0 aliphatic heterocycles. The maximum atomic E-state index is 12.4. The standard InChI is InChI=1S/C19H18ClN3O2S/c1-3-12-8-9-15-16(10-12)26-19(22-15)23-17(24)11(2)21-18(25)13-6-4-5-7-14(13)20/h4-11H,3H2,1-2H3,(H,21,25)(H,22,23,24)/t11-/m0/s1. The minimum absolute atomic E-state index is 0.333. The van der Waals surface area contributed by atoms with Crippen molar-refractivity contribution < 1.29 is 9.59 Å². The Bertz CT molecular complexity index is 970. The average Bonchev–Trinajstić information content (AvgIpc) is 3.02. The van der Waals surface area contributed by atoms with Gasteiger partial charge in [-0.2, -0.15) is 0 Å². The van der Waals surface area contributed by atoms with Crippen LogP contribution in [-0.2, 0) is 11.2 Å². The molecule has 0 saturated carbocycles. The van der Waals surface area contributed by atoms with Crippen molar-refractivity contribution in [1.82, 2.24) is 10.3 Å². The van der Waals surface area contributed by atoms with Crippen molar-refractivity contribution in [1.29, 1.82) is 0 Å². The summed E-state index contributed by atoms with van der Waals surface area (Å²) in [5, 5.41) is 6.27. The molecule has 2 amide bonds. The predicted molar refractivity (Wildman–Crippen MR) is 106 cm³/mol. The molecule has 0 aliphatic rings. The van der Waals surface area contributed by atoms with Crippen LogP contribution in [0.3, 0.4) is 0 Å². The Kier molecular flexibility index (Phi) is 5.54. The van der Waals surface area contributed by atoms with E-state index in [1.807, 2.05) is 12.1 Å². The molecule has 26 heavy (non-hydrogen) atoms. The lowest BCUT2D eigenvalue weighted by Gasteiger charge is -2.13. The zero-order chi connectivity index (χ0) is 18.7. The van der Waals surface area contributed by atoms with Gasteiger partial charge in [-0.1, -0.05) is 48.1 Å². The van der Waals surface area contributed by atoms with Crippen molar-refractivity contribution in [2.75, 3.05) is 5.32 Å². The summed E-state index contributed by atoms with van der Waals surface area (Å²) in [6.07, 6.45) is 0.945. The number of fused-ring (bicyclic) bond motifs is 1. The predicted octanol–water partition coefficient (Wildman–Crippen LogP) is 4.27. The zero-order valence-electron chi connectivity index (χ0n) is 14.4. The number of halogens is 1. The highest BCUT2D eigenvalue weighted by Gasteiger charge is 2.19. The molecule has 3 aromatic rings. The molecule has 0 bridgehead atoms. The smallest absolute Gasteiger partial charge is 0.253 e. The third-order valence-corrected chi connectivity index (χ3v) is 5.21. The molecule has 7 heteroatoms. The van der Waals surface area contributed by atoms with Crippen LogP contribution in [0.5, 0.6) is 0 Å². The average molecular weight is 388 g/mol. The van der Waals surface area contributed by atoms with E-state index in [4.69, 9.17) is 11.6 Å². The summed E-state index contributed by atoms with van der Waals surface area (Å²) in [5.41, 5.74) is 2.40. The number of carbonyl (C=O) groups is 2. The molecule has 0 aliphatic carbocycles. The molecular weight excluding hydrogens is 370 g/mol. The monoisotopic (exact) mass is 387 g/mol. The number of aromatic nitrogens is 1. The fraction of sp³-hybridized carbons (Fsp3) is 0.211. The highest BCUT2D eigenvalue weighted by Crippen LogP contribution is 2.27. The summed E-state index contributed by atoms with van der Waals surface area (Å²) in [7, 11) is 0. The molecule has 1 heterocycles. The Balaban J connectivity index is 1.67. The van der Waals surface area contributed by atoms with Crippen LogP contribution in [0.15, 0.2) is 42.5 Å². The molecule has 134 valence electrons. The molecule has 0 spiro atoms. The van der Waals surface area contributed by atoms with Crippen LogP contribution in [0.25, 0.3) is 10.2 Å². The molecule has 3 rings (SSSR count). The highest BCUT2D eigenvalue weighted by molar-refractivity contribution is 7.22. The van der Waals surface area contributed by atoms with Crippen LogP contribution in [0.2, 0.25) is 5.02 Å². The second kappa shape index (κ2) is 7.85. The van der Waals surface area contributed by atoms with E-state index in [0.29, 0.717) is 15.7 Å².